The molecule has 1 amide bonds. The third kappa shape index (κ3) is 6.90. The molecule has 12 heteroatoms. The topological polar surface area (TPSA) is 105 Å². The number of nitrogens with zero attached hydrogens (tertiary/aromatic N) is 2. The Morgan fingerprint density at radius 3 is 2.53 bits per heavy atom. The van der Waals surface area contributed by atoms with Gasteiger partial charge in [0.2, 0.25) is 5.91 Å². The number of carboxylic acids is 1. The van der Waals surface area contributed by atoms with Crippen LogP contribution in [-0.2, 0) is 21.1 Å². The number of piperidine rings is 1. The van der Waals surface area contributed by atoms with Gasteiger partial charge in [0.1, 0.15) is 10.7 Å². The molecule has 5 rings (SSSR count). The van der Waals surface area contributed by atoms with E-state index in [2.05, 4.69) is 4.98 Å². The van der Waals surface area contributed by atoms with Crippen molar-refractivity contribution in [2.45, 2.75) is 89.5 Å². The van der Waals surface area contributed by atoms with Crippen molar-refractivity contribution in [3.63, 3.8) is 0 Å². The van der Waals surface area contributed by atoms with Crippen LogP contribution in [0.5, 0.6) is 0 Å². The van der Waals surface area contributed by atoms with Crippen LogP contribution in [0, 0.1) is 17.3 Å². The molecule has 2 fully saturated rings. The standard InChI is InChI=1S/C33H39Cl2FN2O5S2/c1-18-11-24(35)25(36)13-22(18)29-23(20-7-6-8-21(34)12-20)14-33(5,15-28-37-16-27(44-28)30(39)40)31(41)38(29)26(19-9-10-19)17-45(42,43)32(2,3)4/h6-8,12-13,16,18-19,23,26,29H,9-11,14-15,17H2,1-5H3,(H,39,40)/t18?,23-,26-,29-,33-/m1/s1. The van der Waals surface area contributed by atoms with Crippen molar-refractivity contribution in [2.24, 2.45) is 17.3 Å². The summed E-state index contributed by atoms with van der Waals surface area (Å²) in [5.74, 6) is -2.72. The Hall–Kier alpha value is -2.27. The largest absolute Gasteiger partial charge is 0.477 e. The molecule has 1 aromatic carbocycles. The Labute approximate surface area is 278 Å². The normalized spacial score (nSPS) is 27.0. The predicted molar refractivity (Wildman–Crippen MR) is 176 cm³/mol. The molecule has 1 aliphatic heterocycles. The molecular formula is C33H39Cl2FN2O5S2. The van der Waals surface area contributed by atoms with Crippen molar-refractivity contribution < 1.29 is 27.5 Å². The van der Waals surface area contributed by atoms with Gasteiger partial charge in [-0.3, -0.25) is 4.79 Å². The van der Waals surface area contributed by atoms with Crippen LogP contribution in [0.25, 0.3) is 0 Å². The highest BCUT2D eigenvalue weighted by molar-refractivity contribution is 7.92. The van der Waals surface area contributed by atoms with Crippen molar-refractivity contribution in [2.75, 3.05) is 5.75 Å². The van der Waals surface area contributed by atoms with Crippen molar-refractivity contribution in [3.05, 3.63) is 73.4 Å². The quantitative estimate of drug-likeness (QED) is 0.287. The van der Waals surface area contributed by atoms with Gasteiger partial charge in [-0.2, -0.15) is 0 Å². The van der Waals surface area contributed by atoms with E-state index in [1.54, 1.807) is 31.7 Å². The highest BCUT2D eigenvalue weighted by Gasteiger charge is 2.56. The van der Waals surface area contributed by atoms with E-state index in [9.17, 15) is 18.3 Å². The van der Waals surface area contributed by atoms with Gasteiger partial charge in [0, 0.05) is 23.4 Å². The van der Waals surface area contributed by atoms with Gasteiger partial charge in [-0.1, -0.05) is 49.2 Å². The SMILES string of the molecule is CC1CC(Cl)=C(F)C=C1[C@@H]1[C@@H](c2cccc(Cl)c2)C[C@](C)(Cc2ncc(C(=O)O)s2)C(=O)N1[C@H](CS(=O)(=O)C(C)(C)C)C1CC1. The summed E-state index contributed by atoms with van der Waals surface area (Å²) in [5.41, 5.74) is 0.475. The molecule has 7 nitrogen and oxygen atoms in total. The number of carbonyl (C=O) groups excluding carboxylic acids is 1. The van der Waals surface area contributed by atoms with Crippen molar-refractivity contribution >= 4 is 56.3 Å². The van der Waals surface area contributed by atoms with Crippen LogP contribution in [0.1, 0.15) is 86.5 Å². The number of carbonyl (C=O) groups is 2. The smallest absolute Gasteiger partial charge is 0.347 e. The first-order valence-corrected chi connectivity index (χ1v) is 18.4. The number of benzene rings is 1. The van der Waals surface area contributed by atoms with Gasteiger partial charge in [0.25, 0.3) is 0 Å². The third-order valence-corrected chi connectivity index (χ3v) is 13.7. The summed E-state index contributed by atoms with van der Waals surface area (Å²) in [6.07, 6.45) is 5.06. The van der Waals surface area contributed by atoms with Crippen LogP contribution < -0.4 is 0 Å². The first kappa shape index (κ1) is 34.1. The minimum absolute atomic E-state index is 0.0297. The number of carboxylic acid groups (broad SMARTS) is 1. The minimum atomic E-state index is -3.67. The van der Waals surface area contributed by atoms with Gasteiger partial charge in [-0.15, -0.1) is 11.3 Å². The third-order valence-electron chi connectivity index (χ3n) is 9.48. The van der Waals surface area contributed by atoms with Crippen LogP contribution in [0.15, 0.2) is 53.0 Å². The van der Waals surface area contributed by atoms with E-state index in [-0.39, 0.29) is 52.2 Å². The fraction of sp³-hybridized carbons (Fsp3) is 0.545. The van der Waals surface area contributed by atoms with Crippen LogP contribution >= 0.6 is 34.5 Å². The fourth-order valence-corrected chi connectivity index (χ4v) is 9.51. The zero-order valence-corrected chi connectivity index (χ0v) is 29.2. The molecule has 1 unspecified atom stereocenters. The summed E-state index contributed by atoms with van der Waals surface area (Å²) >= 11 is 13.8. The minimum Gasteiger partial charge on any atom is -0.477 e. The maximum atomic E-state index is 15.3. The summed E-state index contributed by atoms with van der Waals surface area (Å²) < 4.78 is 41.8. The Balaban J connectivity index is 1.72. The van der Waals surface area contributed by atoms with Crippen molar-refractivity contribution in [1.29, 1.82) is 0 Å². The molecule has 0 radical (unpaired) electrons. The molecule has 1 saturated carbocycles. The van der Waals surface area contributed by atoms with Gasteiger partial charge in [0.15, 0.2) is 9.84 Å². The van der Waals surface area contributed by atoms with E-state index in [0.717, 1.165) is 29.7 Å². The van der Waals surface area contributed by atoms with E-state index >= 15 is 9.18 Å². The second-order valence-corrected chi connectivity index (χ2v) is 18.8. The summed E-state index contributed by atoms with van der Waals surface area (Å²) in [6, 6.07) is 6.10. The molecule has 5 atom stereocenters. The number of thiazole rings is 1. The van der Waals surface area contributed by atoms with E-state index < -0.39 is 43.9 Å². The predicted octanol–water partition coefficient (Wildman–Crippen LogP) is 7.81. The molecule has 2 heterocycles. The lowest BCUT2D eigenvalue weighted by atomic mass is 9.65. The average Bonchev–Trinajstić information content (AvgIpc) is 3.68. The first-order valence-electron chi connectivity index (χ1n) is 15.2. The summed E-state index contributed by atoms with van der Waals surface area (Å²) in [4.78, 5) is 32.9. The second kappa shape index (κ2) is 12.4. The lowest BCUT2D eigenvalue weighted by Gasteiger charge is -2.54. The molecule has 3 aliphatic rings. The molecule has 244 valence electrons. The monoisotopic (exact) mass is 696 g/mol. The number of aromatic nitrogens is 1. The molecular weight excluding hydrogens is 658 g/mol. The van der Waals surface area contributed by atoms with E-state index in [1.165, 1.54) is 12.3 Å². The summed E-state index contributed by atoms with van der Waals surface area (Å²) in [6.45, 7) is 8.79. The lowest BCUT2D eigenvalue weighted by molar-refractivity contribution is -0.153. The first-order chi connectivity index (χ1) is 20.9. The molecule has 2 aromatic rings. The Morgan fingerprint density at radius 1 is 1.27 bits per heavy atom. The van der Waals surface area contributed by atoms with E-state index in [1.807, 2.05) is 32.0 Å². The second-order valence-electron chi connectivity index (χ2n) is 14.0. The zero-order chi connectivity index (χ0) is 33.1. The number of hydrogen-bond acceptors (Lipinski definition) is 6. The molecule has 1 saturated heterocycles. The van der Waals surface area contributed by atoms with Gasteiger partial charge < -0.3 is 10.0 Å². The molecule has 45 heavy (non-hydrogen) atoms. The van der Waals surface area contributed by atoms with Crippen LogP contribution in [0.4, 0.5) is 4.39 Å². The number of likely N-dealkylation sites (tertiary alicyclic amines) is 1. The van der Waals surface area contributed by atoms with Crippen LogP contribution in [-0.4, -0.2) is 57.9 Å². The summed E-state index contributed by atoms with van der Waals surface area (Å²) in [5, 5.41) is 10.6. The highest BCUT2D eigenvalue weighted by atomic mass is 35.5. The number of amides is 1. The van der Waals surface area contributed by atoms with E-state index in [0.29, 0.717) is 22.0 Å². The number of aromatic carboxylic acids is 1. The van der Waals surface area contributed by atoms with E-state index in [4.69, 9.17) is 23.2 Å². The van der Waals surface area contributed by atoms with Gasteiger partial charge >= 0.3 is 5.97 Å². The number of allylic oxidation sites excluding steroid dienone is 3. The fourth-order valence-electron chi connectivity index (χ4n) is 6.70. The van der Waals surface area contributed by atoms with Crippen molar-refractivity contribution in [3.8, 4) is 0 Å². The number of halogens is 3. The lowest BCUT2D eigenvalue weighted by Crippen LogP contribution is -2.63. The average molecular weight is 698 g/mol. The van der Waals surface area contributed by atoms with Gasteiger partial charge in [-0.25, -0.2) is 22.6 Å². The number of rotatable bonds is 9. The van der Waals surface area contributed by atoms with Crippen LogP contribution in [0.3, 0.4) is 0 Å². The molecule has 2 aliphatic carbocycles. The highest BCUT2D eigenvalue weighted by Crippen LogP contribution is 2.53. The molecule has 1 N–H and O–H groups in total. The Bertz CT molecular complexity index is 1680. The molecule has 0 bridgehead atoms. The van der Waals surface area contributed by atoms with Crippen LogP contribution in [0.2, 0.25) is 5.02 Å². The number of hydrogen-bond donors (Lipinski definition) is 1. The number of sulfone groups is 1. The van der Waals surface area contributed by atoms with Gasteiger partial charge in [0.05, 0.1) is 38.2 Å². The zero-order valence-electron chi connectivity index (χ0n) is 26.0. The maximum absolute atomic E-state index is 15.3. The maximum Gasteiger partial charge on any atom is 0.347 e. The van der Waals surface area contributed by atoms with Crippen molar-refractivity contribution in [1.82, 2.24) is 9.88 Å². The molecule has 1 aromatic heterocycles. The van der Waals surface area contributed by atoms with Gasteiger partial charge in [-0.05, 0) is 87.6 Å². The Morgan fingerprint density at radius 2 is 1.96 bits per heavy atom. The Kier molecular flexibility index (Phi) is 9.39. The summed E-state index contributed by atoms with van der Waals surface area (Å²) in [7, 11) is -3.67. The molecule has 0 spiro atoms.